The predicted molar refractivity (Wildman–Crippen MR) is 95.6 cm³/mol. The molecule has 5 nitrogen and oxygen atoms in total. The van der Waals surface area contributed by atoms with Crippen molar-refractivity contribution in [2.45, 2.75) is 52.6 Å². The van der Waals surface area contributed by atoms with Gasteiger partial charge in [0.05, 0.1) is 18.4 Å². The monoisotopic (exact) mass is 328 g/mol. The number of hydrogen-bond acceptors (Lipinski definition) is 4. The molecule has 130 valence electrons. The average Bonchev–Trinajstić information content (AvgIpc) is 2.93. The van der Waals surface area contributed by atoms with Crippen molar-refractivity contribution in [2.75, 3.05) is 13.1 Å². The van der Waals surface area contributed by atoms with Crippen LogP contribution in [0.1, 0.15) is 36.2 Å². The highest BCUT2D eigenvalue weighted by Gasteiger charge is 2.22. The molecule has 24 heavy (non-hydrogen) atoms. The van der Waals surface area contributed by atoms with E-state index in [-0.39, 0.29) is 0 Å². The number of hydrogen-bond donors (Lipinski definition) is 2. The summed E-state index contributed by atoms with van der Waals surface area (Å²) in [5.74, 6) is 0. The van der Waals surface area contributed by atoms with Crippen molar-refractivity contribution in [3.05, 3.63) is 52.8 Å². The van der Waals surface area contributed by atoms with Gasteiger partial charge in [-0.05, 0) is 31.9 Å². The van der Waals surface area contributed by atoms with E-state index >= 15 is 0 Å². The van der Waals surface area contributed by atoms with Crippen LogP contribution in [-0.2, 0) is 24.4 Å². The Labute approximate surface area is 144 Å². The highest BCUT2D eigenvalue weighted by molar-refractivity contribution is 5.27. The van der Waals surface area contributed by atoms with Crippen molar-refractivity contribution in [1.82, 2.24) is 20.4 Å². The number of morpholine rings is 1. The van der Waals surface area contributed by atoms with Crippen molar-refractivity contribution in [1.29, 1.82) is 0 Å². The van der Waals surface area contributed by atoms with Gasteiger partial charge in [0.2, 0.25) is 0 Å². The Morgan fingerprint density at radius 1 is 1.12 bits per heavy atom. The van der Waals surface area contributed by atoms with Gasteiger partial charge in [0.1, 0.15) is 0 Å². The van der Waals surface area contributed by atoms with Crippen molar-refractivity contribution in [3.63, 3.8) is 0 Å². The number of ether oxygens (including phenoxy) is 1. The number of rotatable bonds is 6. The Morgan fingerprint density at radius 2 is 1.79 bits per heavy atom. The zero-order chi connectivity index (χ0) is 16.9. The van der Waals surface area contributed by atoms with Gasteiger partial charge in [0, 0.05) is 44.0 Å². The van der Waals surface area contributed by atoms with Crippen LogP contribution in [0.5, 0.6) is 0 Å². The van der Waals surface area contributed by atoms with E-state index in [4.69, 9.17) is 4.74 Å². The number of nitrogens with one attached hydrogen (secondary N) is 2. The van der Waals surface area contributed by atoms with Gasteiger partial charge in [-0.25, -0.2) is 0 Å². The quantitative estimate of drug-likeness (QED) is 0.856. The number of aromatic nitrogens is 2. The Bertz CT molecular complexity index is 644. The van der Waals surface area contributed by atoms with Gasteiger partial charge >= 0.3 is 0 Å². The molecule has 0 radical (unpaired) electrons. The summed E-state index contributed by atoms with van der Waals surface area (Å²) in [6, 6.07) is 8.71. The number of aryl methyl sites for hydroxylation is 1. The van der Waals surface area contributed by atoms with Crippen molar-refractivity contribution in [3.8, 4) is 0 Å². The van der Waals surface area contributed by atoms with Crippen LogP contribution in [0.2, 0.25) is 0 Å². The molecule has 2 heterocycles. The molecule has 0 bridgehead atoms. The fraction of sp³-hybridized carbons (Fsp3) is 0.526. The fourth-order valence-electron chi connectivity index (χ4n) is 3.42. The second-order valence-electron chi connectivity index (χ2n) is 6.84. The summed E-state index contributed by atoms with van der Waals surface area (Å²) in [5, 5.41) is 10.6. The maximum Gasteiger partial charge on any atom is 0.0678 e. The van der Waals surface area contributed by atoms with Gasteiger partial charge in [0.15, 0.2) is 0 Å². The smallest absolute Gasteiger partial charge is 0.0678 e. The molecule has 2 atom stereocenters. The molecule has 1 aromatic carbocycles. The van der Waals surface area contributed by atoms with E-state index in [1.165, 1.54) is 16.7 Å². The van der Waals surface area contributed by atoms with Crippen LogP contribution in [0.3, 0.4) is 0 Å². The summed E-state index contributed by atoms with van der Waals surface area (Å²) in [6.07, 6.45) is 2.51. The molecule has 0 saturated carbocycles. The lowest BCUT2D eigenvalue weighted by atomic mass is 10.1. The largest absolute Gasteiger partial charge is 0.373 e. The summed E-state index contributed by atoms with van der Waals surface area (Å²) in [5.41, 5.74) is 5.12. The summed E-state index contributed by atoms with van der Waals surface area (Å²) in [6.45, 7) is 11.1. The second kappa shape index (κ2) is 7.92. The number of aromatic amines is 1. The van der Waals surface area contributed by atoms with Crippen LogP contribution in [0.4, 0.5) is 0 Å². The molecule has 0 unspecified atom stereocenters. The first kappa shape index (κ1) is 17.1. The molecule has 2 N–H and O–H groups in total. The van der Waals surface area contributed by atoms with E-state index in [2.05, 4.69) is 65.5 Å². The van der Waals surface area contributed by atoms with Gasteiger partial charge in [-0.15, -0.1) is 0 Å². The Balaban J connectivity index is 1.59. The summed E-state index contributed by atoms with van der Waals surface area (Å²) in [4.78, 5) is 2.50. The lowest BCUT2D eigenvalue weighted by molar-refractivity contribution is -0.0705. The first-order chi connectivity index (χ1) is 11.6. The van der Waals surface area contributed by atoms with Gasteiger partial charge < -0.3 is 10.1 Å². The first-order valence-corrected chi connectivity index (χ1v) is 8.76. The molecule has 0 spiro atoms. The normalized spacial score (nSPS) is 22.0. The van der Waals surface area contributed by atoms with Crippen LogP contribution in [0, 0.1) is 6.92 Å². The van der Waals surface area contributed by atoms with Crippen LogP contribution >= 0.6 is 0 Å². The maximum absolute atomic E-state index is 5.84. The molecular weight excluding hydrogens is 300 g/mol. The van der Waals surface area contributed by atoms with Crippen molar-refractivity contribution in [2.24, 2.45) is 0 Å². The lowest BCUT2D eigenvalue weighted by Gasteiger charge is -2.35. The third-order valence-corrected chi connectivity index (χ3v) is 4.57. The Morgan fingerprint density at radius 3 is 2.46 bits per heavy atom. The van der Waals surface area contributed by atoms with E-state index in [1.54, 1.807) is 0 Å². The first-order valence-electron chi connectivity index (χ1n) is 8.76. The molecule has 5 heteroatoms. The average molecular weight is 328 g/mol. The summed E-state index contributed by atoms with van der Waals surface area (Å²) >= 11 is 0. The SMILES string of the molecule is Cc1[nH]ncc1CNCc1ccccc1CN1C[C@@H](C)O[C@@H](C)C1. The molecule has 1 saturated heterocycles. The Kier molecular flexibility index (Phi) is 5.66. The van der Waals surface area contributed by atoms with E-state index in [9.17, 15) is 0 Å². The molecule has 1 aromatic heterocycles. The van der Waals surface area contributed by atoms with Gasteiger partial charge in [-0.1, -0.05) is 24.3 Å². The van der Waals surface area contributed by atoms with E-state index in [1.807, 2.05) is 6.20 Å². The third kappa shape index (κ3) is 4.44. The predicted octanol–water partition coefficient (Wildman–Crippen LogP) is 2.62. The minimum Gasteiger partial charge on any atom is -0.373 e. The van der Waals surface area contributed by atoms with E-state index in [0.717, 1.165) is 38.4 Å². The fourth-order valence-corrected chi connectivity index (χ4v) is 3.42. The second-order valence-corrected chi connectivity index (χ2v) is 6.84. The number of nitrogens with zero attached hydrogens (tertiary/aromatic N) is 2. The number of H-pyrrole nitrogens is 1. The zero-order valence-electron chi connectivity index (χ0n) is 14.9. The standard InChI is InChI=1S/C19H28N4O/c1-14-11-23(12-15(2)24-14)13-18-7-5-4-6-17(18)8-20-9-19-10-21-22-16(19)3/h4-7,10,14-15,20H,8-9,11-13H2,1-3H3,(H,21,22)/t14-,15+. The van der Waals surface area contributed by atoms with Crippen LogP contribution in [0.25, 0.3) is 0 Å². The molecule has 0 amide bonds. The minimum absolute atomic E-state index is 0.308. The van der Waals surface area contributed by atoms with Crippen LogP contribution in [0.15, 0.2) is 30.5 Å². The van der Waals surface area contributed by atoms with Gasteiger partial charge in [-0.2, -0.15) is 5.10 Å². The summed E-state index contributed by atoms with van der Waals surface area (Å²) in [7, 11) is 0. The highest BCUT2D eigenvalue weighted by Crippen LogP contribution is 2.17. The minimum atomic E-state index is 0.308. The van der Waals surface area contributed by atoms with E-state index < -0.39 is 0 Å². The molecule has 0 aliphatic carbocycles. The zero-order valence-corrected chi connectivity index (χ0v) is 14.9. The van der Waals surface area contributed by atoms with Crippen LogP contribution < -0.4 is 5.32 Å². The third-order valence-electron chi connectivity index (χ3n) is 4.57. The van der Waals surface area contributed by atoms with E-state index in [0.29, 0.717) is 12.2 Å². The number of benzene rings is 1. The topological polar surface area (TPSA) is 53.2 Å². The molecule has 1 aliphatic heterocycles. The Hall–Kier alpha value is -1.69. The van der Waals surface area contributed by atoms with Crippen molar-refractivity contribution < 1.29 is 4.74 Å². The molecule has 3 rings (SSSR count). The van der Waals surface area contributed by atoms with Gasteiger partial charge in [0.25, 0.3) is 0 Å². The van der Waals surface area contributed by atoms with Gasteiger partial charge in [-0.3, -0.25) is 10.00 Å². The molecular formula is C19H28N4O. The highest BCUT2D eigenvalue weighted by atomic mass is 16.5. The van der Waals surface area contributed by atoms with Crippen LogP contribution in [-0.4, -0.2) is 40.4 Å². The lowest BCUT2D eigenvalue weighted by Crippen LogP contribution is -2.45. The molecule has 1 aliphatic rings. The molecule has 1 fully saturated rings. The maximum atomic E-state index is 5.84. The molecule has 2 aromatic rings. The van der Waals surface area contributed by atoms with Crippen molar-refractivity contribution >= 4 is 0 Å². The summed E-state index contributed by atoms with van der Waals surface area (Å²) < 4.78 is 5.84.